The first-order valence-electron chi connectivity index (χ1n) is 5.52. The first-order chi connectivity index (χ1) is 8.32. The van der Waals surface area contributed by atoms with E-state index in [-0.39, 0.29) is 5.57 Å². The molecule has 0 spiro atoms. The molecule has 0 aromatic rings. The van der Waals surface area contributed by atoms with E-state index >= 15 is 0 Å². The minimum atomic E-state index is -1.77. The second-order valence-corrected chi connectivity index (χ2v) is 4.80. The second kappa shape index (κ2) is 4.20. The molecule has 4 N–H and O–H groups in total. The summed E-state index contributed by atoms with van der Waals surface area (Å²) < 4.78 is 9.41. The quantitative estimate of drug-likeness (QED) is 0.407. The van der Waals surface area contributed by atoms with Crippen LogP contribution in [0.3, 0.4) is 0 Å². The largest absolute Gasteiger partial charge is 0.472 e. The molecular weight excluding hydrogens is 244 g/mol. The topological polar surface area (TPSA) is 116 Å². The molecule has 0 unspecified atom stereocenters. The lowest BCUT2D eigenvalue weighted by molar-refractivity contribution is -0.179. The standard InChI is InChI=1S/C11H16O7/c1-11(16)6-5(7(12)8(11)13)4(9(14)17-2)3-18-10(6)15/h3,5-8,10,12-13,15-16H,1-2H3/t5-,6-,7+,8+,10+,11-/m1/s1. The Morgan fingerprint density at radius 3 is 2.61 bits per heavy atom. The van der Waals surface area contributed by atoms with Crippen molar-refractivity contribution in [2.45, 2.75) is 31.0 Å². The number of fused-ring (bicyclic) bond motifs is 1. The van der Waals surface area contributed by atoms with Gasteiger partial charge in [0.25, 0.3) is 0 Å². The predicted molar refractivity (Wildman–Crippen MR) is 56.8 cm³/mol. The number of methoxy groups -OCH3 is 1. The van der Waals surface area contributed by atoms with Crippen molar-refractivity contribution in [1.82, 2.24) is 0 Å². The Hall–Kier alpha value is -1.15. The van der Waals surface area contributed by atoms with Crippen LogP contribution in [0.2, 0.25) is 0 Å². The molecule has 0 aromatic heterocycles. The van der Waals surface area contributed by atoms with Crippen LogP contribution in [0.15, 0.2) is 11.8 Å². The van der Waals surface area contributed by atoms with Gasteiger partial charge in [0, 0.05) is 5.92 Å². The van der Waals surface area contributed by atoms with E-state index in [4.69, 9.17) is 4.74 Å². The van der Waals surface area contributed by atoms with E-state index in [0.29, 0.717) is 0 Å². The third kappa shape index (κ3) is 1.63. The molecule has 0 radical (unpaired) electrons. The third-order valence-corrected chi connectivity index (χ3v) is 3.77. The molecule has 18 heavy (non-hydrogen) atoms. The summed E-state index contributed by atoms with van der Waals surface area (Å²) in [5, 5.41) is 39.6. The van der Waals surface area contributed by atoms with Gasteiger partial charge in [-0.15, -0.1) is 0 Å². The molecule has 1 heterocycles. The van der Waals surface area contributed by atoms with Gasteiger partial charge in [-0.3, -0.25) is 0 Å². The molecule has 2 rings (SSSR count). The molecule has 6 atom stereocenters. The minimum absolute atomic E-state index is 0.0166. The molecule has 7 nitrogen and oxygen atoms in total. The molecular formula is C11H16O7. The van der Waals surface area contributed by atoms with Gasteiger partial charge in [-0.05, 0) is 6.92 Å². The Morgan fingerprint density at radius 1 is 1.44 bits per heavy atom. The molecule has 0 saturated heterocycles. The Labute approximate surface area is 103 Å². The van der Waals surface area contributed by atoms with E-state index in [9.17, 15) is 25.2 Å². The predicted octanol–water partition coefficient (Wildman–Crippen LogP) is -1.89. The van der Waals surface area contributed by atoms with E-state index < -0.39 is 41.9 Å². The fourth-order valence-electron chi connectivity index (χ4n) is 2.77. The van der Waals surface area contributed by atoms with Gasteiger partial charge in [0.05, 0.1) is 36.6 Å². The fraction of sp³-hybridized carbons (Fsp3) is 0.727. The Kier molecular flexibility index (Phi) is 3.10. The summed E-state index contributed by atoms with van der Waals surface area (Å²) in [6, 6.07) is 0. The minimum Gasteiger partial charge on any atom is -0.472 e. The van der Waals surface area contributed by atoms with Gasteiger partial charge in [-0.2, -0.15) is 0 Å². The summed E-state index contributed by atoms with van der Waals surface area (Å²) in [5.74, 6) is -2.69. The molecule has 102 valence electrons. The molecule has 1 aliphatic carbocycles. The number of aliphatic hydroxyl groups is 4. The maximum absolute atomic E-state index is 11.6. The molecule has 0 aromatic carbocycles. The molecule has 1 fully saturated rings. The van der Waals surface area contributed by atoms with Crippen molar-refractivity contribution in [3.63, 3.8) is 0 Å². The Morgan fingerprint density at radius 2 is 2.06 bits per heavy atom. The van der Waals surface area contributed by atoms with Crippen LogP contribution < -0.4 is 0 Å². The zero-order valence-electron chi connectivity index (χ0n) is 9.98. The van der Waals surface area contributed by atoms with E-state index in [1.165, 1.54) is 14.0 Å². The van der Waals surface area contributed by atoms with Crippen LogP contribution in [0.5, 0.6) is 0 Å². The average Bonchev–Trinajstić information content (AvgIpc) is 2.51. The van der Waals surface area contributed by atoms with Crippen LogP contribution in [-0.4, -0.2) is 57.6 Å². The summed E-state index contributed by atoms with van der Waals surface area (Å²) in [7, 11) is 1.17. The van der Waals surface area contributed by atoms with Crippen molar-refractivity contribution in [3.05, 3.63) is 11.8 Å². The summed E-state index contributed by atoms with van der Waals surface area (Å²) in [6.45, 7) is 1.28. The van der Waals surface area contributed by atoms with Gasteiger partial charge in [0.15, 0.2) is 0 Å². The van der Waals surface area contributed by atoms with Crippen molar-refractivity contribution in [3.8, 4) is 0 Å². The molecule has 7 heteroatoms. The highest BCUT2D eigenvalue weighted by Gasteiger charge is 2.62. The smallest absolute Gasteiger partial charge is 0.337 e. The molecule has 1 saturated carbocycles. The van der Waals surface area contributed by atoms with Crippen molar-refractivity contribution in [2.75, 3.05) is 7.11 Å². The van der Waals surface area contributed by atoms with Crippen molar-refractivity contribution in [1.29, 1.82) is 0 Å². The second-order valence-electron chi connectivity index (χ2n) is 4.80. The summed E-state index contributed by atoms with van der Waals surface area (Å²) in [6.07, 6.45) is -3.29. The lowest BCUT2D eigenvalue weighted by Gasteiger charge is -2.36. The summed E-state index contributed by atoms with van der Waals surface area (Å²) >= 11 is 0. The van der Waals surface area contributed by atoms with Crippen molar-refractivity contribution in [2.24, 2.45) is 11.8 Å². The lowest BCUT2D eigenvalue weighted by atomic mass is 9.81. The van der Waals surface area contributed by atoms with Gasteiger partial charge in [0.2, 0.25) is 6.29 Å². The third-order valence-electron chi connectivity index (χ3n) is 3.77. The number of rotatable bonds is 1. The van der Waals surface area contributed by atoms with Crippen molar-refractivity contribution < 1.29 is 34.7 Å². The van der Waals surface area contributed by atoms with Crippen LogP contribution >= 0.6 is 0 Å². The maximum atomic E-state index is 11.6. The van der Waals surface area contributed by atoms with Crippen LogP contribution in [0, 0.1) is 11.8 Å². The van der Waals surface area contributed by atoms with E-state index in [1.807, 2.05) is 0 Å². The molecule has 0 amide bonds. The van der Waals surface area contributed by atoms with Gasteiger partial charge in [-0.25, -0.2) is 4.79 Å². The highest BCUT2D eigenvalue weighted by Crippen LogP contribution is 2.48. The SMILES string of the molecule is COC(=O)C1=CO[C@H](O)[C@H]2[C@@H]1[C@H](O)[C@H](O)[C@]2(C)O. The van der Waals surface area contributed by atoms with Gasteiger partial charge in [-0.1, -0.05) is 0 Å². The van der Waals surface area contributed by atoms with E-state index in [1.54, 1.807) is 0 Å². The van der Waals surface area contributed by atoms with Gasteiger partial charge < -0.3 is 29.9 Å². The molecule has 2 aliphatic rings. The Balaban J connectivity index is 2.44. The van der Waals surface area contributed by atoms with Crippen LogP contribution in [0.1, 0.15) is 6.92 Å². The molecule has 0 bridgehead atoms. The zero-order chi connectivity index (χ0) is 13.7. The van der Waals surface area contributed by atoms with Crippen LogP contribution in [-0.2, 0) is 14.3 Å². The number of esters is 1. The highest BCUT2D eigenvalue weighted by atomic mass is 16.6. The fourth-order valence-corrected chi connectivity index (χ4v) is 2.77. The normalized spacial score (nSPS) is 47.0. The number of hydrogen-bond donors (Lipinski definition) is 4. The maximum Gasteiger partial charge on any atom is 0.337 e. The first-order valence-corrected chi connectivity index (χ1v) is 5.52. The number of hydrogen-bond acceptors (Lipinski definition) is 7. The van der Waals surface area contributed by atoms with Crippen LogP contribution in [0.25, 0.3) is 0 Å². The summed E-state index contributed by atoms with van der Waals surface area (Å²) in [5.41, 5.74) is -1.78. The number of ether oxygens (including phenoxy) is 2. The van der Waals surface area contributed by atoms with Crippen LogP contribution in [0.4, 0.5) is 0 Å². The number of carbonyl (C=O) groups is 1. The molecule has 1 aliphatic heterocycles. The highest BCUT2D eigenvalue weighted by molar-refractivity contribution is 5.89. The lowest BCUT2D eigenvalue weighted by Crippen LogP contribution is -2.48. The number of aliphatic hydroxyl groups excluding tert-OH is 3. The first kappa shape index (κ1) is 13.3. The van der Waals surface area contributed by atoms with Gasteiger partial charge >= 0.3 is 5.97 Å². The Bertz CT molecular complexity index is 389. The summed E-state index contributed by atoms with van der Waals surface area (Å²) in [4.78, 5) is 11.6. The van der Waals surface area contributed by atoms with E-state index in [0.717, 1.165) is 6.26 Å². The van der Waals surface area contributed by atoms with Gasteiger partial charge in [0.1, 0.15) is 6.10 Å². The van der Waals surface area contributed by atoms with Crippen molar-refractivity contribution >= 4 is 5.97 Å². The van der Waals surface area contributed by atoms with E-state index in [2.05, 4.69) is 4.74 Å². The monoisotopic (exact) mass is 260 g/mol. The zero-order valence-corrected chi connectivity index (χ0v) is 9.98. The number of carbonyl (C=O) groups excluding carboxylic acids is 1. The average molecular weight is 260 g/mol.